The van der Waals surface area contributed by atoms with Gasteiger partial charge in [-0.25, -0.2) is 0 Å². The van der Waals surface area contributed by atoms with Gasteiger partial charge in [0, 0.05) is 5.56 Å². The van der Waals surface area contributed by atoms with Crippen LogP contribution < -0.4 is 10.2 Å². The fourth-order valence-electron chi connectivity index (χ4n) is 1.08. The topological polar surface area (TPSA) is 69.9 Å². The number of hydrogen-bond acceptors (Lipinski definition) is 4. The maximum atomic E-state index is 12.0. The largest absolute Gasteiger partial charge is 0.573 e. The molecular formula is C8H8BF3O4. The molecule has 0 spiro atoms. The molecule has 1 aromatic rings. The van der Waals surface area contributed by atoms with Gasteiger partial charge in [-0.05, 0) is 11.5 Å². The van der Waals surface area contributed by atoms with Gasteiger partial charge in [0.05, 0.1) is 6.61 Å². The van der Waals surface area contributed by atoms with E-state index in [1.165, 1.54) is 6.07 Å². The molecule has 0 fully saturated rings. The summed E-state index contributed by atoms with van der Waals surface area (Å²) < 4.78 is 39.5. The predicted molar refractivity (Wildman–Crippen MR) is 48.9 cm³/mol. The number of aliphatic hydroxyl groups is 1. The van der Waals surface area contributed by atoms with Crippen molar-refractivity contribution in [3.8, 4) is 5.75 Å². The monoisotopic (exact) mass is 236 g/mol. The lowest BCUT2D eigenvalue weighted by Crippen LogP contribution is -2.30. The van der Waals surface area contributed by atoms with E-state index in [0.29, 0.717) is 0 Å². The van der Waals surface area contributed by atoms with Crippen molar-refractivity contribution in [3.05, 3.63) is 23.8 Å². The van der Waals surface area contributed by atoms with Gasteiger partial charge in [0.25, 0.3) is 0 Å². The van der Waals surface area contributed by atoms with Crippen LogP contribution in [0.4, 0.5) is 13.2 Å². The zero-order valence-corrected chi connectivity index (χ0v) is 7.90. The second kappa shape index (κ2) is 4.73. The molecule has 3 N–H and O–H groups in total. The van der Waals surface area contributed by atoms with Crippen LogP contribution >= 0.6 is 0 Å². The van der Waals surface area contributed by atoms with Gasteiger partial charge in [0.1, 0.15) is 5.75 Å². The van der Waals surface area contributed by atoms with Gasteiger partial charge in [-0.15, -0.1) is 13.2 Å². The molecule has 0 unspecified atom stereocenters. The minimum absolute atomic E-state index is 0.0956. The number of hydrogen-bond donors (Lipinski definition) is 3. The van der Waals surface area contributed by atoms with Crippen molar-refractivity contribution in [2.24, 2.45) is 0 Å². The van der Waals surface area contributed by atoms with E-state index in [2.05, 4.69) is 4.74 Å². The summed E-state index contributed by atoms with van der Waals surface area (Å²) in [6.45, 7) is -0.646. The maximum absolute atomic E-state index is 12.0. The first-order chi connectivity index (χ1) is 7.33. The lowest BCUT2D eigenvalue weighted by atomic mass is 9.80. The van der Waals surface area contributed by atoms with E-state index in [4.69, 9.17) is 15.2 Å². The predicted octanol–water partition coefficient (Wildman–Crippen LogP) is -0.243. The van der Waals surface area contributed by atoms with Crippen molar-refractivity contribution in [1.29, 1.82) is 0 Å². The molecule has 0 atom stereocenters. The summed E-state index contributed by atoms with van der Waals surface area (Å²) in [4.78, 5) is 0. The summed E-state index contributed by atoms with van der Waals surface area (Å²) in [5.74, 6) is -0.652. The van der Waals surface area contributed by atoms with E-state index in [1.807, 2.05) is 0 Å². The van der Waals surface area contributed by atoms with Gasteiger partial charge in [0.2, 0.25) is 0 Å². The molecular weight excluding hydrogens is 228 g/mol. The van der Waals surface area contributed by atoms with E-state index in [9.17, 15) is 13.2 Å². The Kier molecular flexibility index (Phi) is 3.79. The summed E-state index contributed by atoms with van der Waals surface area (Å²) in [5, 5.41) is 26.3. The third kappa shape index (κ3) is 3.40. The van der Waals surface area contributed by atoms with Crippen LogP contribution in [0.5, 0.6) is 5.75 Å². The molecule has 0 aromatic heterocycles. The minimum Gasteiger partial charge on any atom is -0.423 e. The van der Waals surface area contributed by atoms with Gasteiger partial charge < -0.3 is 19.9 Å². The SMILES string of the molecule is OCc1ccc(B(O)O)cc1OC(F)(F)F. The molecule has 4 nitrogen and oxygen atoms in total. The van der Waals surface area contributed by atoms with Crippen molar-refractivity contribution in [3.63, 3.8) is 0 Å². The van der Waals surface area contributed by atoms with E-state index < -0.39 is 25.8 Å². The van der Waals surface area contributed by atoms with Gasteiger partial charge in [-0.3, -0.25) is 0 Å². The third-order valence-corrected chi connectivity index (χ3v) is 1.79. The fraction of sp³-hybridized carbons (Fsp3) is 0.250. The molecule has 0 aliphatic rings. The highest BCUT2D eigenvalue weighted by Gasteiger charge is 2.32. The second-order valence-electron chi connectivity index (χ2n) is 2.95. The Morgan fingerprint density at radius 3 is 2.31 bits per heavy atom. The highest BCUT2D eigenvalue weighted by atomic mass is 19.4. The summed E-state index contributed by atoms with van der Waals surface area (Å²) >= 11 is 0. The lowest BCUT2D eigenvalue weighted by Gasteiger charge is -2.13. The van der Waals surface area contributed by atoms with E-state index in [1.54, 1.807) is 0 Å². The van der Waals surface area contributed by atoms with Gasteiger partial charge >= 0.3 is 13.5 Å². The van der Waals surface area contributed by atoms with E-state index in [-0.39, 0.29) is 11.0 Å². The van der Waals surface area contributed by atoms with Crippen LogP contribution in [0.2, 0.25) is 0 Å². The molecule has 0 radical (unpaired) electrons. The number of rotatable bonds is 3. The molecule has 0 aliphatic heterocycles. The smallest absolute Gasteiger partial charge is 0.423 e. The zero-order valence-electron chi connectivity index (χ0n) is 7.90. The Balaban J connectivity index is 3.07. The average Bonchev–Trinajstić information content (AvgIpc) is 2.15. The van der Waals surface area contributed by atoms with E-state index >= 15 is 0 Å². The highest BCUT2D eigenvalue weighted by Crippen LogP contribution is 2.25. The van der Waals surface area contributed by atoms with Crippen LogP contribution in [0, 0.1) is 0 Å². The molecule has 88 valence electrons. The molecule has 1 rings (SSSR count). The molecule has 0 bridgehead atoms. The lowest BCUT2D eigenvalue weighted by molar-refractivity contribution is -0.275. The van der Waals surface area contributed by atoms with Gasteiger partial charge in [0.15, 0.2) is 0 Å². The first kappa shape index (κ1) is 12.8. The Morgan fingerprint density at radius 1 is 1.25 bits per heavy atom. The maximum Gasteiger partial charge on any atom is 0.573 e. The molecule has 0 aliphatic carbocycles. The summed E-state index contributed by atoms with van der Waals surface area (Å²) in [6, 6.07) is 3.11. The molecule has 0 saturated carbocycles. The Morgan fingerprint density at radius 2 is 1.88 bits per heavy atom. The van der Waals surface area contributed by atoms with Crippen LogP contribution in [0.25, 0.3) is 0 Å². The van der Waals surface area contributed by atoms with Crippen molar-refractivity contribution in [2.75, 3.05) is 0 Å². The normalized spacial score (nSPS) is 11.4. The van der Waals surface area contributed by atoms with Gasteiger partial charge in [-0.1, -0.05) is 12.1 Å². The minimum atomic E-state index is -4.90. The number of ether oxygens (including phenoxy) is 1. The summed E-state index contributed by atoms with van der Waals surface area (Å²) in [5.41, 5.74) is -0.252. The van der Waals surface area contributed by atoms with Crippen molar-refractivity contribution < 1.29 is 33.1 Å². The highest BCUT2D eigenvalue weighted by molar-refractivity contribution is 6.58. The quantitative estimate of drug-likeness (QED) is 0.633. The van der Waals surface area contributed by atoms with Crippen LogP contribution in [-0.4, -0.2) is 28.6 Å². The van der Waals surface area contributed by atoms with Crippen molar-refractivity contribution in [2.45, 2.75) is 13.0 Å². The average molecular weight is 236 g/mol. The molecule has 16 heavy (non-hydrogen) atoms. The summed E-state index contributed by atoms with van der Waals surface area (Å²) in [6.07, 6.45) is -4.90. The number of alkyl halides is 3. The number of aliphatic hydroxyl groups excluding tert-OH is 1. The third-order valence-electron chi connectivity index (χ3n) is 1.79. The van der Waals surface area contributed by atoms with E-state index in [0.717, 1.165) is 12.1 Å². The van der Waals surface area contributed by atoms with Crippen molar-refractivity contribution >= 4 is 12.6 Å². The molecule has 0 amide bonds. The molecule has 8 heteroatoms. The van der Waals surface area contributed by atoms with Crippen LogP contribution in [-0.2, 0) is 6.61 Å². The first-order valence-electron chi connectivity index (χ1n) is 4.19. The number of benzene rings is 1. The molecule has 0 heterocycles. The first-order valence-corrected chi connectivity index (χ1v) is 4.19. The van der Waals surface area contributed by atoms with Crippen LogP contribution in [0.1, 0.15) is 5.56 Å². The second-order valence-corrected chi connectivity index (χ2v) is 2.95. The van der Waals surface area contributed by atoms with Crippen molar-refractivity contribution in [1.82, 2.24) is 0 Å². The Hall–Kier alpha value is -1.25. The molecule has 1 aromatic carbocycles. The Bertz CT molecular complexity index is 367. The molecule has 0 saturated heterocycles. The van der Waals surface area contributed by atoms with Crippen LogP contribution in [0.15, 0.2) is 18.2 Å². The standard InChI is InChI=1S/C8H8BF3O4/c10-8(11,12)16-7-3-6(9(14)15)2-1-5(7)4-13/h1-3,13-15H,4H2. The Labute approximate surface area is 89.0 Å². The van der Waals surface area contributed by atoms with Gasteiger partial charge in [-0.2, -0.15) is 0 Å². The fourth-order valence-corrected chi connectivity index (χ4v) is 1.08. The van der Waals surface area contributed by atoms with Crippen LogP contribution in [0.3, 0.4) is 0 Å². The number of halogens is 3. The zero-order chi connectivity index (χ0) is 12.3. The summed E-state index contributed by atoms with van der Waals surface area (Å²) in [7, 11) is -1.90.